The first kappa shape index (κ1) is 14.6. The first-order valence-corrected chi connectivity index (χ1v) is 9.12. The monoisotopic (exact) mass is 304 g/mol. The molecular weight excluding hydrogens is 276 g/mol. The van der Waals surface area contributed by atoms with E-state index in [-0.39, 0.29) is 0 Å². The normalized spacial score (nSPS) is 27.7. The van der Waals surface area contributed by atoms with Crippen molar-refractivity contribution >= 4 is 0 Å². The molecule has 5 nitrogen and oxygen atoms in total. The van der Waals surface area contributed by atoms with Crippen molar-refractivity contribution in [3.63, 3.8) is 0 Å². The third-order valence-corrected chi connectivity index (χ3v) is 5.63. The second-order valence-corrected chi connectivity index (χ2v) is 7.24. The van der Waals surface area contributed by atoms with Gasteiger partial charge in [-0.05, 0) is 51.1 Å². The number of hydrogen-bond donors (Lipinski definition) is 0. The minimum atomic E-state index is 0.621. The van der Waals surface area contributed by atoms with Gasteiger partial charge in [0.05, 0.1) is 6.61 Å². The Morgan fingerprint density at radius 3 is 2.73 bits per heavy atom. The van der Waals surface area contributed by atoms with Crippen LogP contribution in [0.5, 0.6) is 0 Å². The predicted molar refractivity (Wildman–Crippen MR) is 84.9 cm³/mol. The van der Waals surface area contributed by atoms with E-state index < -0.39 is 0 Å². The van der Waals surface area contributed by atoms with Gasteiger partial charge in [-0.1, -0.05) is 6.42 Å². The van der Waals surface area contributed by atoms with Crippen LogP contribution in [0.15, 0.2) is 0 Å². The highest BCUT2D eigenvalue weighted by Gasteiger charge is 2.28. The maximum atomic E-state index is 5.50. The van der Waals surface area contributed by atoms with Crippen molar-refractivity contribution in [2.45, 2.75) is 57.4 Å². The van der Waals surface area contributed by atoms with Gasteiger partial charge in [0.25, 0.3) is 0 Å². The molecule has 1 atom stereocenters. The van der Waals surface area contributed by atoms with Crippen LogP contribution in [-0.4, -0.2) is 52.5 Å². The Hall–Kier alpha value is -0.940. The van der Waals surface area contributed by atoms with Crippen LogP contribution >= 0.6 is 0 Å². The molecule has 3 aliphatic heterocycles. The van der Waals surface area contributed by atoms with E-state index in [0.29, 0.717) is 5.92 Å². The van der Waals surface area contributed by atoms with E-state index in [1.165, 1.54) is 69.8 Å². The quantitative estimate of drug-likeness (QED) is 0.859. The van der Waals surface area contributed by atoms with Crippen LogP contribution < -0.4 is 0 Å². The molecule has 3 aliphatic rings. The van der Waals surface area contributed by atoms with Gasteiger partial charge in [0, 0.05) is 32.0 Å². The zero-order valence-electron chi connectivity index (χ0n) is 13.5. The molecule has 1 aromatic rings. The summed E-state index contributed by atoms with van der Waals surface area (Å²) in [5.41, 5.74) is 0. The molecule has 0 aromatic carbocycles. The molecule has 2 saturated heterocycles. The number of piperidine rings is 1. The van der Waals surface area contributed by atoms with Gasteiger partial charge in [0.15, 0.2) is 0 Å². The van der Waals surface area contributed by atoms with Gasteiger partial charge in [-0.2, -0.15) is 0 Å². The van der Waals surface area contributed by atoms with E-state index in [1.54, 1.807) is 0 Å². The molecule has 0 aliphatic carbocycles. The maximum Gasteiger partial charge on any atom is 0.136 e. The summed E-state index contributed by atoms with van der Waals surface area (Å²) in [5, 5.41) is 9.04. The lowest BCUT2D eigenvalue weighted by atomic mass is 9.95. The summed E-state index contributed by atoms with van der Waals surface area (Å²) in [6, 6.07) is 0. The van der Waals surface area contributed by atoms with Gasteiger partial charge in [-0.25, -0.2) is 0 Å². The number of rotatable bonds is 3. The minimum absolute atomic E-state index is 0.621. The second-order valence-electron chi connectivity index (χ2n) is 7.24. The molecule has 1 unspecified atom stereocenters. The fraction of sp³-hybridized carbons (Fsp3) is 0.882. The highest BCUT2D eigenvalue weighted by Crippen LogP contribution is 2.29. The van der Waals surface area contributed by atoms with Gasteiger partial charge >= 0.3 is 0 Å². The predicted octanol–water partition coefficient (Wildman–Crippen LogP) is 2.22. The van der Waals surface area contributed by atoms with E-state index >= 15 is 0 Å². The largest absolute Gasteiger partial charge is 0.381 e. The number of aryl methyl sites for hydroxylation is 1. The van der Waals surface area contributed by atoms with Crippen LogP contribution in [0.3, 0.4) is 0 Å². The molecule has 0 radical (unpaired) electrons. The lowest BCUT2D eigenvalue weighted by Gasteiger charge is -2.33. The first-order chi connectivity index (χ1) is 10.9. The zero-order valence-corrected chi connectivity index (χ0v) is 13.5. The van der Waals surface area contributed by atoms with Gasteiger partial charge in [0.1, 0.15) is 11.6 Å². The Morgan fingerprint density at radius 2 is 1.91 bits per heavy atom. The number of likely N-dealkylation sites (tertiary alicyclic amines) is 1. The zero-order chi connectivity index (χ0) is 14.8. The van der Waals surface area contributed by atoms with Gasteiger partial charge in [-0.15, -0.1) is 10.2 Å². The number of fused-ring (bicyclic) bond motifs is 1. The summed E-state index contributed by atoms with van der Waals surface area (Å²) in [4.78, 5) is 2.63. The van der Waals surface area contributed by atoms with E-state index in [9.17, 15) is 0 Å². The summed E-state index contributed by atoms with van der Waals surface area (Å²) in [6.45, 7) is 6.72. The lowest BCUT2D eigenvalue weighted by molar-refractivity contribution is 0.150. The number of ether oxygens (including phenoxy) is 1. The van der Waals surface area contributed by atoms with E-state index in [4.69, 9.17) is 4.74 Å². The van der Waals surface area contributed by atoms with Crippen LogP contribution in [0.25, 0.3) is 0 Å². The van der Waals surface area contributed by atoms with Crippen molar-refractivity contribution in [2.75, 3.05) is 32.8 Å². The smallest absolute Gasteiger partial charge is 0.136 e. The van der Waals surface area contributed by atoms with Gasteiger partial charge < -0.3 is 14.2 Å². The van der Waals surface area contributed by atoms with E-state index in [1.807, 2.05) is 0 Å². The average Bonchev–Trinajstić information content (AvgIpc) is 3.13. The standard InChI is InChI=1S/C17H28N4O/c1-2-4-16-18-19-17(21(16)8-3-1)15-5-9-20(10-6-15)12-14-7-11-22-13-14/h14-15H,1-13H2. The SMILES string of the molecule is C1CCc2nnc(C3CCN(CC4CCOC4)CC3)n2CC1. The molecule has 2 fully saturated rings. The van der Waals surface area contributed by atoms with Crippen LogP contribution in [0.1, 0.15) is 56.1 Å². The summed E-state index contributed by atoms with van der Waals surface area (Å²) in [5.74, 6) is 3.90. The number of hydrogen-bond acceptors (Lipinski definition) is 4. The molecule has 0 bridgehead atoms. The molecule has 0 N–H and O–H groups in total. The highest BCUT2D eigenvalue weighted by molar-refractivity contribution is 5.05. The van der Waals surface area contributed by atoms with Crippen LogP contribution in [0.4, 0.5) is 0 Å². The Balaban J connectivity index is 1.36. The summed E-state index contributed by atoms with van der Waals surface area (Å²) >= 11 is 0. The van der Waals surface area contributed by atoms with Crippen molar-refractivity contribution < 1.29 is 4.74 Å². The molecule has 4 heterocycles. The number of aromatic nitrogens is 3. The third-order valence-electron chi connectivity index (χ3n) is 5.63. The van der Waals surface area contributed by atoms with Crippen molar-refractivity contribution in [3.05, 3.63) is 11.6 Å². The van der Waals surface area contributed by atoms with Gasteiger partial charge in [0.2, 0.25) is 0 Å². The second kappa shape index (κ2) is 6.67. The molecule has 4 rings (SSSR count). The fourth-order valence-electron chi connectivity index (χ4n) is 4.28. The molecule has 5 heteroatoms. The van der Waals surface area contributed by atoms with E-state index in [0.717, 1.165) is 32.1 Å². The summed E-state index contributed by atoms with van der Waals surface area (Å²) in [6.07, 6.45) is 8.76. The van der Waals surface area contributed by atoms with E-state index in [2.05, 4.69) is 19.7 Å². The maximum absolute atomic E-state index is 5.50. The number of nitrogens with zero attached hydrogens (tertiary/aromatic N) is 4. The Labute approximate surface area is 133 Å². The Morgan fingerprint density at radius 1 is 1.00 bits per heavy atom. The molecule has 0 saturated carbocycles. The molecule has 0 spiro atoms. The van der Waals surface area contributed by atoms with Gasteiger partial charge in [-0.3, -0.25) is 0 Å². The van der Waals surface area contributed by atoms with Crippen molar-refractivity contribution in [3.8, 4) is 0 Å². The fourth-order valence-corrected chi connectivity index (χ4v) is 4.28. The van der Waals surface area contributed by atoms with Crippen molar-refractivity contribution in [1.29, 1.82) is 0 Å². The molecule has 0 amide bonds. The Bertz CT molecular complexity index is 487. The van der Waals surface area contributed by atoms with Crippen LogP contribution in [0, 0.1) is 5.92 Å². The molecule has 122 valence electrons. The molecular formula is C17H28N4O. The molecule has 1 aromatic heterocycles. The third kappa shape index (κ3) is 3.06. The van der Waals surface area contributed by atoms with Crippen LogP contribution in [0.2, 0.25) is 0 Å². The molecule has 22 heavy (non-hydrogen) atoms. The minimum Gasteiger partial charge on any atom is -0.381 e. The first-order valence-electron chi connectivity index (χ1n) is 9.12. The Kier molecular flexibility index (Phi) is 4.44. The van der Waals surface area contributed by atoms with Crippen LogP contribution in [-0.2, 0) is 17.7 Å². The summed E-state index contributed by atoms with van der Waals surface area (Å²) < 4.78 is 7.95. The highest BCUT2D eigenvalue weighted by atomic mass is 16.5. The topological polar surface area (TPSA) is 43.2 Å². The van der Waals surface area contributed by atoms with Crippen molar-refractivity contribution in [2.24, 2.45) is 5.92 Å². The lowest BCUT2D eigenvalue weighted by Crippen LogP contribution is -2.37. The summed E-state index contributed by atoms with van der Waals surface area (Å²) in [7, 11) is 0. The average molecular weight is 304 g/mol. The van der Waals surface area contributed by atoms with Crippen molar-refractivity contribution in [1.82, 2.24) is 19.7 Å².